The van der Waals surface area contributed by atoms with E-state index in [2.05, 4.69) is 10.1 Å². The third kappa shape index (κ3) is 4.71. The van der Waals surface area contributed by atoms with Crippen molar-refractivity contribution in [2.24, 2.45) is 0 Å². The van der Waals surface area contributed by atoms with Gasteiger partial charge in [0.1, 0.15) is 13.2 Å². The zero-order valence-electron chi connectivity index (χ0n) is 16.3. The lowest BCUT2D eigenvalue weighted by molar-refractivity contribution is 0.0784. The van der Waals surface area contributed by atoms with Crippen LogP contribution < -0.4 is 9.47 Å². The summed E-state index contributed by atoms with van der Waals surface area (Å²) in [6.07, 6.45) is 0. The number of nitrogens with zero attached hydrogens (tertiary/aromatic N) is 3. The van der Waals surface area contributed by atoms with Crippen LogP contribution >= 0.6 is 11.8 Å². The average molecular weight is 411 g/mol. The standard InChI is InChI=1S/C21H21N3O4S/c1-14-22-20(28-23-14)13-29-17-6-4-16(5-7-17)21(25)24(2)12-15-3-8-18-19(11-15)27-10-9-26-18/h3-8,11H,9-10,12-13H2,1-2H3. The maximum Gasteiger partial charge on any atom is 0.253 e. The summed E-state index contributed by atoms with van der Waals surface area (Å²) in [5.41, 5.74) is 1.63. The Hall–Kier alpha value is -3.00. The van der Waals surface area contributed by atoms with Crippen molar-refractivity contribution in [1.82, 2.24) is 15.0 Å². The maximum absolute atomic E-state index is 12.8. The molecule has 29 heavy (non-hydrogen) atoms. The molecule has 0 fully saturated rings. The zero-order valence-corrected chi connectivity index (χ0v) is 17.1. The van der Waals surface area contributed by atoms with Crippen molar-refractivity contribution in [2.45, 2.75) is 24.1 Å². The number of thioether (sulfide) groups is 1. The van der Waals surface area contributed by atoms with E-state index in [-0.39, 0.29) is 5.91 Å². The molecule has 2 aromatic carbocycles. The van der Waals surface area contributed by atoms with Crippen molar-refractivity contribution in [3.63, 3.8) is 0 Å². The van der Waals surface area contributed by atoms with E-state index in [1.54, 1.807) is 30.6 Å². The van der Waals surface area contributed by atoms with E-state index in [1.807, 2.05) is 42.5 Å². The molecule has 1 amide bonds. The lowest BCUT2D eigenvalue weighted by atomic mass is 10.1. The molecule has 1 aliphatic heterocycles. The first-order chi connectivity index (χ1) is 14.1. The lowest BCUT2D eigenvalue weighted by Gasteiger charge is -2.21. The van der Waals surface area contributed by atoms with Gasteiger partial charge in [0, 0.05) is 24.1 Å². The van der Waals surface area contributed by atoms with Gasteiger partial charge in [0.2, 0.25) is 5.89 Å². The van der Waals surface area contributed by atoms with E-state index in [9.17, 15) is 4.79 Å². The van der Waals surface area contributed by atoms with Gasteiger partial charge in [-0.15, -0.1) is 11.8 Å². The number of ether oxygens (including phenoxy) is 2. The highest BCUT2D eigenvalue weighted by Gasteiger charge is 2.16. The Bertz CT molecular complexity index is 1000. The van der Waals surface area contributed by atoms with Gasteiger partial charge in [-0.25, -0.2) is 0 Å². The molecular weight excluding hydrogens is 390 g/mol. The second-order valence-corrected chi connectivity index (χ2v) is 7.74. The van der Waals surface area contributed by atoms with Gasteiger partial charge in [-0.1, -0.05) is 11.2 Å². The minimum atomic E-state index is -0.0380. The quantitative estimate of drug-likeness (QED) is 0.572. The van der Waals surface area contributed by atoms with Crippen molar-refractivity contribution in [3.05, 3.63) is 65.3 Å². The van der Waals surface area contributed by atoms with Crippen LogP contribution in [0.3, 0.4) is 0 Å². The maximum atomic E-state index is 12.8. The summed E-state index contributed by atoms with van der Waals surface area (Å²) in [5.74, 6) is 3.25. The minimum Gasteiger partial charge on any atom is -0.486 e. The number of hydrogen-bond donors (Lipinski definition) is 0. The fourth-order valence-electron chi connectivity index (χ4n) is 2.99. The summed E-state index contributed by atoms with van der Waals surface area (Å²) in [6.45, 7) is 3.39. The van der Waals surface area contributed by atoms with E-state index in [0.29, 0.717) is 42.8 Å². The molecule has 3 aromatic rings. The third-order valence-electron chi connectivity index (χ3n) is 4.41. The van der Waals surface area contributed by atoms with Gasteiger partial charge in [0.05, 0.1) is 5.75 Å². The molecule has 2 heterocycles. The van der Waals surface area contributed by atoms with Gasteiger partial charge in [-0.3, -0.25) is 4.79 Å². The summed E-state index contributed by atoms with van der Waals surface area (Å²) >= 11 is 1.58. The Morgan fingerprint density at radius 1 is 1.10 bits per heavy atom. The predicted molar refractivity (Wildman–Crippen MR) is 108 cm³/mol. The van der Waals surface area contributed by atoms with Crippen LogP contribution in [0.4, 0.5) is 0 Å². The normalized spacial score (nSPS) is 12.6. The number of rotatable bonds is 6. The first kappa shape index (κ1) is 19.3. The van der Waals surface area contributed by atoms with Crippen LogP contribution in [0.2, 0.25) is 0 Å². The van der Waals surface area contributed by atoms with Crippen LogP contribution in [0.5, 0.6) is 11.5 Å². The molecule has 0 saturated heterocycles. The van der Waals surface area contributed by atoms with Gasteiger partial charge >= 0.3 is 0 Å². The fourth-order valence-corrected chi connectivity index (χ4v) is 3.73. The Morgan fingerprint density at radius 2 is 1.86 bits per heavy atom. The summed E-state index contributed by atoms with van der Waals surface area (Å²) < 4.78 is 16.3. The average Bonchev–Trinajstić information content (AvgIpc) is 3.17. The molecule has 0 unspecified atom stereocenters. The molecule has 7 nitrogen and oxygen atoms in total. The van der Waals surface area contributed by atoms with E-state index in [4.69, 9.17) is 14.0 Å². The smallest absolute Gasteiger partial charge is 0.253 e. The first-order valence-electron chi connectivity index (χ1n) is 9.24. The summed E-state index contributed by atoms with van der Waals surface area (Å²) in [4.78, 5) is 19.7. The fraction of sp³-hybridized carbons (Fsp3) is 0.286. The van der Waals surface area contributed by atoms with Gasteiger partial charge in [-0.05, 0) is 48.9 Å². The largest absolute Gasteiger partial charge is 0.486 e. The van der Waals surface area contributed by atoms with Crippen LogP contribution in [0, 0.1) is 6.92 Å². The SMILES string of the molecule is Cc1noc(CSc2ccc(C(=O)N(C)Cc3ccc4c(c3)OCCO4)cc2)n1. The van der Waals surface area contributed by atoms with Crippen LogP contribution in [0.1, 0.15) is 27.6 Å². The molecule has 0 radical (unpaired) electrons. The highest BCUT2D eigenvalue weighted by atomic mass is 32.2. The molecule has 0 saturated carbocycles. The monoisotopic (exact) mass is 411 g/mol. The number of fused-ring (bicyclic) bond motifs is 1. The zero-order chi connectivity index (χ0) is 20.2. The van der Waals surface area contributed by atoms with Crippen LogP contribution in [0.25, 0.3) is 0 Å². The Kier molecular flexibility index (Phi) is 5.71. The summed E-state index contributed by atoms with van der Waals surface area (Å²) in [6, 6.07) is 13.3. The number of carbonyl (C=O) groups is 1. The third-order valence-corrected chi connectivity index (χ3v) is 5.40. The van der Waals surface area contributed by atoms with Gasteiger partial charge < -0.3 is 18.9 Å². The van der Waals surface area contributed by atoms with Gasteiger partial charge in [0.25, 0.3) is 5.91 Å². The number of aromatic nitrogens is 2. The molecule has 0 bridgehead atoms. The molecule has 1 aliphatic rings. The minimum absolute atomic E-state index is 0.0380. The number of aryl methyl sites for hydroxylation is 1. The Balaban J connectivity index is 1.35. The molecule has 0 atom stereocenters. The second kappa shape index (κ2) is 8.57. The van der Waals surface area contributed by atoms with Gasteiger partial charge in [0.15, 0.2) is 17.3 Å². The Labute approximate surface area is 173 Å². The molecule has 1 aromatic heterocycles. The van der Waals surface area contributed by atoms with Crippen molar-refractivity contribution in [1.29, 1.82) is 0 Å². The Morgan fingerprint density at radius 3 is 2.59 bits per heavy atom. The highest BCUT2D eigenvalue weighted by molar-refractivity contribution is 7.98. The van der Waals surface area contributed by atoms with E-state index in [0.717, 1.165) is 22.0 Å². The molecular formula is C21H21N3O4S. The van der Waals surface area contributed by atoms with Crippen molar-refractivity contribution in [2.75, 3.05) is 20.3 Å². The van der Waals surface area contributed by atoms with Crippen molar-refractivity contribution >= 4 is 17.7 Å². The van der Waals surface area contributed by atoms with Crippen molar-refractivity contribution in [3.8, 4) is 11.5 Å². The first-order valence-corrected chi connectivity index (χ1v) is 10.2. The molecule has 0 spiro atoms. The van der Waals surface area contributed by atoms with E-state index < -0.39 is 0 Å². The molecule has 0 aliphatic carbocycles. The van der Waals surface area contributed by atoms with Crippen molar-refractivity contribution < 1.29 is 18.8 Å². The highest BCUT2D eigenvalue weighted by Crippen LogP contribution is 2.31. The van der Waals surface area contributed by atoms with Crippen LogP contribution in [-0.4, -0.2) is 41.2 Å². The molecule has 4 rings (SSSR count). The predicted octanol–water partition coefficient (Wildman–Crippen LogP) is 3.71. The van der Waals surface area contributed by atoms with Crippen LogP contribution in [-0.2, 0) is 12.3 Å². The second-order valence-electron chi connectivity index (χ2n) is 6.69. The van der Waals surface area contributed by atoms with Crippen LogP contribution in [0.15, 0.2) is 51.9 Å². The molecule has 8 heteroatoms. The van der Waals surface area contributed by atoms with E-state index >= 15 is 0 Å². The molecule has 150 valence electrons. The van der Waals surface area contributed by atoms with E-state index in [1.165, 1.54) is 0 Å². The summed E-state index contributed by atoms with van der Waals surface area (Å²) in [7, 11) is 1.79. The number of carbonyl (C=O) groups excluding carboxylic acids is 1. The lowest BCUT2D eigenvalue weighted by Crippen LogP contribution is -2.26. The number of hydrogen-bond acceptors (Lipinski definition) is 7. The van der Waals surface area contributed by atoms with Gasteiger partial charge in [-0.2, -0.15) is 4.98 Å². The molecule has 0 N–H and O–H groups in total. The number of benzene rings is 2. The summed E-state index contributed by atoms with van der Waals surface area (Å²) in [5, 5.41) is 3.78. The number of amides is 1. The topological polar surface area (TPSA) is 77.7 Å².